The molecule has 0 fully saturated rings. The zero-order chi connectivity index (χ0) is 19.2. The lowest BCUT2D eigenvalue weighted by atomic mass is 9.84. The van der Waals surface area contributed by atoms with E-state index in [4.69, 9.17) is 20.4 Å². The Morgan fingerprint density at radius 1 is 1.21 bits per heavy atom. The van der Waals surface area contributed by atoms with Crippen LogP contribution in [0.3, 0.4) is 0 Å². The fourth-order valence-electron chi connectivity index (χ4n) is 2.34. The van der Waals surface area contributed by atoms with Crippen molar-refractivity contribution in [2.45, 2.75) is 80.6 Å². The van der Waals surface area contributed by atoms with E-state index in [9.17, 15) is 0 Å². The van der Waals surface area contributed by atoms with Crippen LogP contribution in [0.5, 0.6) is 0 Å². The van der Waals surface area contributed by atoms with E-state index in [2.05, 4.69) is 38.0 Å². The summed E-state index contributed by atoms with van der Waals surface area (Å²) in [7, 11) is 0. The minimum absolute atomic E-state index is 0.229. The van der Waals surface area contributed by atoms with Gasteiger partial charge in [-0.3, -0.25) is 15.2 Å². The van der Waals surface area contributed by atoms with Crippen molar-refractivity contribution in [3.05, 3.63) is 11.9 Å². The van der Waals surface area contributed by atoms with Crippen molar-refractivity contribution < 1.29 is 20.4 Å². The van der Waals surface area contributed by atoms with Crippen molar-refractivity contribution >= 4 is 0 Å². The van der Waals surface area contributed by atoms with E-state index in [1.165, 1.54) is 6.42 Å². The van der Waals surface area contributed by atoms with E-state index in [1.807, 2.05) is 31.6 Å². The second kappa shape index (κ2) is 14.3. The van der Waals surface area contributed by atoms with Gasteiger partial charge < -0.3 is 9.84 Å². The summed E-state index contributed by atoms with van der Waals surface area (Å²) in [6, 6.07) is 0. The molecule has 0 unspecified atom stereocenters. The summed E-state index contributed by atoms with van der Waals surface area (Å²) < 4.78 is 7.45. The average Bonchev–Trinajstić information content (AvgIpc) is 2.92. The molecule has 144 valence electrons. The van der Waals surface area contributed by atoms with Gasteiger partial charge in [0.15, 0.2) is 0 Å². The molecule has 0 radical (unpaired) electrons. The highest BCUT2D eigenvalue weighted by Crippen LogP contribution is 2.26. The molecule has 1 heterocycles. The lowest BCUT2D eigenvalue weighted by Gasteiger charge is -2.26. The smallest absolute Gasteiger partial charge is 0.108 e. The summed E-state index contributed by atoms with van der Waals surface area (Å²) in [5.74, 6) is 0.701. The second-order valence-electron chi connectivity index (χ2n) is 7.25. The van der Waals surface area contributed by atoms with Crippen molar-refractivity contribution in [1.29, 1.82) is 0 Å². The molecule has 1 aromatic heterocycles. The third-order valence-electron chi connectivity index (χ3n) is 2.93. The predicted octanol–water partition coefficient (Wildman–Crippen LogP) is 3.68. The number of hydrogen-bond acceptors (Lipinski definition) is 6. The lowest BCUT2D eigenvalue weighted by molar-refractivity contribution is -0.176. The van der Waals surface area contributed by atoms with Gasteiger partial charge in [0.25, 0.3) is 0 Å². The van der Waals surface area contributed by atoms with Crippen LogP contribution in [0.4, 0.5) is 0 Å². The number of hydrogen-bond donors (Lipinski definition) is 3. The Kier molecular flexibility index (Phi) is 15.1. The van der Waals surface area contributed by atoms with E-state index >= 15 is 0 Å². The zero-order valence-electron chi connectivity index (χ0n) is 16.4. The van der Waals surface area contributed by atoms with Crippen molar-refractivity contribution in [1.82, 2.24) is 15.0 Å². The van der Waals surface area contributed by atoms with E-state index in [1.54, 1.807) is 0 Å². The number of aromatic nitrogens is 3. The highest BCUT2D eigenvalue weighted by atomic mass is 17.0. The molecule has 0 bridgehead atoms. The molecule has 1 aromatic rings. The molecule has 0 saturated heterocycles. The maximum Gasteiger partial charge on any atom is 0.108 e. The fourth-order valence-corrected chi connectivity index (χ4v) is 2.34. The maximum absolute atomic E-state index is 7.88. The molecule has 0 aliphatic heterocycles. The van der Waals surface area contributed by atoms with Crippen LogP contribution < -0.4 is 0 Å². The monoisotopic (exact) mass is 347 g/mol. The maximum atomic E-state index is 7.88. The van der Waals surface area contributed by atoms with Crippen molar-refractivity contribution in [2.75, 3.05) is 6.61 Å². The quantitative estimate of drug-likeness (QED) is 0.490. The molecule has 7 nitrogen and oxygen atoms in total. The molecule has 24 heavy (non-hydrogen) atoms. The summed E-state index contributed by atoms with van der Waals surface area (Å²) in [6.07, 6.45) is 4.28. The van der Waals surface area contributed by atoms with Gasteiger partial charge in [0.05, 0.1) is 18.9 Å². The van der Waals surface area contributed by atoms with Crippen LogP contribution >= 0.6 is 0 Å². The fraction of sp³-hybridized carbons (Fsp3) is 0.882. The van der Waals surface area contributed by atoms with Crippen LogP contribution in [-0.4, -0.2) is 43.3 Å². The first-order valence-electron chi connectivity index (χ1n) is 8.51. The standard InChI is InChI=1S/C14H27N3O.C3H8O.H2O2/c1-11(2)7-14(5,6)10-17-8-13(15-16-17)9-18-12(3)4;1-2-3-4;1-2/h8,11-12H,7,9-10H2,1-6H3;4H,2-3H2,1H3;1-2H. The summed E-state index contributed by atoms with van der Waals surface area (Å²) in [5, 5.41) is 28.2. The first-order valence-corrected chi connectivity index (χ1v) is 8.51. The van der Waals surface area contributed by atoms with E-state index in [0.717, 1.165) is 18.7 Å². The van der Waals surface area contributed by atoms with Gasteiger partial charge in [0.1, 0.15) is 5.69 Å². The van der Waals surface area contributed by atoms with Gasteiger partial charge in [0, 0.05) is 13.2 Å². The Balaban J connectivity index is 0. The van der Waals surface area contributed by atoms with Crippen LogP contribution in [-0.2, 0) is 17.9 Å². The molecule has 1 rings (SSSR count). The predicted molar refractivity (Wildman–Crippen MR) is 95.8 cm³/mol. The highest BCUT2D eigenvalue weighted by Gasteiger charge is 2.21. The van der Waals surface area contributed by atoms with E-state index < -0.39 is 0 Å². The van der Waals surface area contributed by atoms with Gasteiger partial charge in [0.2, 0.25) is 0 Å². The topological polar surface area (TPSA) is 101 Å². The van der Waals surface area contributed by atoms with Crippen LogP contribution in [0.25, 0.3) is 0 Å². The summed E-state index contributed by atoms with van der Waals surface area (Å²) >= 11 is 0. The largest absolute Gasteiger partial charge is 0.396 e. The normalized spacial score (nSPS) is 11.0. The molecule has 0 saturated carbocycles. The molecular formula is C17H37N3O4. The first-order chi connectivity index (χ1) is 11.2. The molecule has 7 heteroatoms. The minimum Gasteiger partial charge on any atom is -0.396 e. The van der Waals surface area contributed by atoms with Crippen LogP contribution in [0.1, 0.15) is 67.0 Å². The van der Waals surface area contributed by atoms with Gasteiger partial charge in [-0.1, -0.05) is 39.8 Å². The van der Waals surface area contributed by atoms with Gasteiger partial charge in [-0.2, -0.15) is 0 Å². The Bertz CT molecular complexity index is 391. The second-order valence-corrected chi connectivity index (χ2v) is 7.25. The van der Waals surface area contributed by atoms with Gasteiger partial charge in [-0.25, -0.2) is 0 Å². The van der Waals surface area contributed by atoms with Gasteiger partial charge in [-0.15, -0.1) is 5.10 Å². The van der Waals surface area contributed by atoms with Crippen molar-refractivity contribution in [2.24, 2.45) is 11.3 Å². The summed E-state index contributed by atoms with van der Waals surface area (Å²) in [5.41, 5.74) is 1.15. The molecule has 0 atom stereocenters. The van der Waals surface area contributed by atoms with Crippen molar-refractivity contribution in [3.8, 4) is 0 Å². The Morgan fingerprint density at radius 2 is 1.75 bits per heavy atom. The molecule has 0 amide bonds. The molecule has 0 aliphatic rings. The number of aliphatic hydroxyl groups is 1. The SMILES string of the molecule is CC(C)CC(C)(C)Cn1cc(COC(C)C)nn1.CCCO.OO. The third-order valence-corrected chi connectivity index (χ3v) is 2.93. The molecule has 0 aromatic carbocycles. The lowest BCUT2D eigenvalue weighted by Crippen LogP contribution is -2.22. The Hall–Kier alpha value is -1.02. The minimum atomic E-state index is 0.229. The van der Waals surface area contributed by atoms with Gasteiger partial charge in [-0.05, 0) is 38.0 Å². The number of ether oxygens (including phenoxy) is 1. The van der Waals surface area contributed by atoms with Gasteiger partial charge >= 0.3 is 0 Å². The van der Waals surface area contributed by atoms with Crippen molar-refractivity contribution in [3.63, 3.8) is 0 Å². The van der Waals surface area contributed by atoms with Crippen LogP contribution in [0.2, 0.25) is 0 Å². The highest BCUT2D eigenvalue weighted by molar-refractivity contribution is 4.90. The Labute approximate surface area is 146 Å². The zero-order valence-corrected chi connectivity index (χ0v) is 16.4. The van der Waals surface area contributed by atoms with Crippen LogP contribution in [0, 0.1) is 11.3 Å². The number of nitrogens with zero attached hydrogens (tertiary/aromatic N) is 3. The molecular weight excluding hydrogens is 310 g/mol. The Morgan fingerprint density at radius 3 is 2.17 bits per heavy atom. The summed E-state index contributed by atoms with van der Waals surface area (Å²) in [6.45, 7) is 16.8. The average molecular weight is 348 g/mol. The molecule has 0 spiro atoms. The van der Waals surface area contributed by atoms with Crippen LogP contribution in [0.15, 0.2) is 6.20 Å². The number of rotatable bonds is 8. The first kappa shape index (κ1) is 25.2. The molecule has 0 aliphatic carbocycles. The third kappa shape index (κ3) is 14.6. The van der Waals surface area contributed by atoms with E-state index in [-0.39, 0.29) is 11.5 Å². The van der Waals surface area contributed by atoms with E-state index in [0.29, 0.717) is 19.1 Å². The summed E-state index contributed by atoms with van der Waals surface area (Å²) in [4.78, 5) is 0. The molecule has 3 N–H and O–H groups in total. The number of aliphatic hydroxyl groups excluding tert-OH is 1.